The zero-order chi connectivity index (χ0) is 10.4. The molecule has 0 bridgehead atoms. The molecule has 0 unspecified atom stereocenters. The molecular formula is C13H19BrSiZn-. The standard InChI is InChI=1S/C13H19Si.BrH.Zn/c1-14(2,3)12-8-7-11-13-9-5-4-6-10-13;;/h4-7,9-12H,8H2,1-3H3;1H;/p-1/b11-7+;;. The van der Waals surface area contributed by atoms with Gasteiger partial charge in [-0.2, -0.15) is 0 Å². The molecular weight excluding hydrogens is 330 g/mol. The summed E-state index contributed by atoms with van der Waals surface area (Å²) in [6.07, 6.45) is 5.54. The van der Waals surface area contributed by atoms with Gasteiger partial charge in [0.1, 0.15) is 0 Å². The number of benzene rings is 1. The molecule has 0 atom stereocenters. The summed E-state index contributed by atoms with van der Waals surface area (Å²) in [5.74, 6) is 0. The second-order valence-electron chi connectivity index (χ2n) is 4.62. The molecule has 0 aliphatic heterocycles. The molecule has 0 aliphatic rings. The molecule has 0 amide bonds. The van der Waals surface area contributed by atoms with Gasteiger partial charge in [0.25, 0.3) is 0 Å². The van der Waals surface area contributed by atoms with Crippen molar-refractivity contribution in [1.29, 1.82) is 0 Å². The zero-order valence-electron chi connectivity index (χ0n) is 10.4. The summed E-state index contributed by atoms with van der Waals surface area (Å²) in [6.45, 7) is 7.09. The van der Waals surface area contributed by atoms with E-state index in [9.17, 15) is 0 Å². The van der Waals surface area contributed by atoms with Gasteiger partial charge in [-0.15, -0.1) is 0 Å². The van der Waals surface area contributed by atoms with E-state index in [1.165, 1.54) is 5.56 Å². The first-order valence-corrected chi connectivity index (χ1v) is 8.72. The van der Waals surface area contributed by atoms with Gasteiger partial charge in [-0.05, 0) is 18.0 Å². The van der Waals surface area contributed by atoms with E-state index in [4.69, 9.17) is 0 Å². The van der Waals surface area contributed by atoms with Crippen molar-refractivity contribution in [2.24, 2.45) is 0 Å². The summed E-state index contributed by atoms with van der Waals surface area (Å²) in [6, 6.07) is 12.9. The predicted molar refractivity (Wildman–Crippen MR) is 67.7 cm³/mol. The van der Waals surface area contributed by atoms with Crippen LogP contribution in [0.3, 0.4) is 0 Å². The van der Waals surface area contributed by atoms with Crippen molar-refractivity contribution in [3.63, 3.8) is 0 Å². The molecule has 0 fully saturated rings. The fourth-order valence-electron chi connectivity index (χ4n) is 1.19. The number of allylic oxidation sites excluding steroid dienone is 1. The van der Waals surface area contributed by atoms with Crippen molar-refractivity contribution >= 4 is 14.1 Å². The Morgan fingerprint density at radius 1 is 1.06 bits per heavy atom. The molecule has 0 saturated carbocycles. The third-order valence-corrected chi connectivity index (χ3v) is 3.44. The third-order valence-electron chi connectivity index (χ3n) is 1.98. The topological polar surface area (TPSA) is 0 Å². The molecule has 0 aromatic heterocycles. The number of hydrogen-bond donors (Lipinski definition) is 0. The first kappa shape index (κ1) is 18.6. The van der Waals surface area contributed by atoms with E-state index < -0.39 is 8.07 Å². The van der Waals surface area contributed by atoms with Crippen LogP contribution in [0.1, 0.15) is 12.0 Å². The Kier molecular flexibility index (Phi) is 10.9. The van der Waals surface area contributed by atoms with Crippen LogP contribution in [-0.4, -0.2) is 8.07 Å². The van der Waals surface area contributed by atoms with E-state index in [2.05, 4.69) is 62.1 Å². The summed E-state index contributed by atoms with van der Waals surface area (Å²) < 4.78 is 0. The van der Waals surface area contributed by atoms with Gasteiger partial charge >= 0.3 is 0 Å². The van der Waals surface area contributed by atoms with Crippen LogP contribution in [0.2, 0.25) is 19.6 Å². The van der Waals surface area contributed by atoms with E-state index in [0.717, 1.165) is 6.42 Å². The van der Waals surface area contributed by atoms with E-state index in [1.807, 2.05) is 6.07 Å². The first-order chi connectivity index (χ1) is 6.58. The molecule has 16 heavy (non-hydrogen) atoms. The van der Waals surface area contributed by atoms with Crippen LogP contribution in [0, 0.1) is 6.04 Å². The fraction of sp³-hybridized carbons (Fsp3) is 0.308. The van der Waals surface area contributed by atoms with Gasteiger partial charge in [0, 0.05) is 27.6 Å². The Bertz CT molecular complexity index is 291. The first-order valence-electron chi connectivity index (χ1n) is 5.14. The SMILES string of the molecule is C[Si](C)(C)[CH]C/C=C/c1ccccc1.[Br-].[Zn]. The summed E-state index contributed by atoms with van der Waals surface area (Å²) in [4.78, 5) is 0. The van der Waals surface area contributed by atoms with Crippen molar-refractivity contribution < 1.29 is 36.5 Å². The second kappa shape index (κ2) is 9.32. The average Bonchev–Trinajstić information content (AvgIpc) is 2.13. The van der Waals surface area contributed by atoms with Crippen molar-refractivity contribution in [1.82, 2.24) is 0 Å². The Morgan fingerprint density at radius 3 is 2.12 bits per heavy atom. The van der Waals surface area contributed by atoms with E-state index in [1.54, 1.807) is 0 Å². The van der Waals surface area contributed by atoms with Crippen LogP contribution in [0.25, 0.3) is 6.08 Å². The molecule has 0 spiro atoms. The molecule has 1 rings (SSSR count). The fourth-order valence-corrected chi connectivity index (χ4v) is 2.03. The molecule has 0 saturated heterocycles. The Morgan fingerprint density at radius 2 is 1.62 bits per heavy atom. The zero-order valence-corrected chi connectivity index (χ0v) is 16.0. The number of rotatable bonds is 4. The Labute approximate surface area is 124 Å². The van der Waals surface area contributed by atoms with Crippen LogP contribution in [-0.2, 0) is 19.5 Å². The smallest absolute Gasteiger partial charge is 0.0476 e. The van der Waals surface area contributed by atoms with Crippen LogP contribution in [0.4, 0.5) is 0 Å². The quantitative estimate of drug-likeness (QED) is 0.717. The second-order valence-corrected chi connectivity index (χ2v) is 9.76. The summed E-state index contributed by atoms with van der Waals surface area (Å²) in [5, 5.41) is 0. The Balaban J connectivity index is 0. The maximum Gasteiger partial charge on any atom is 0.0476 e. The molecule has 0 N–H and O–H groups in total. The van der Waals surface area contributed by atoms with Crippen molar-refractivity contribution in [3.05, 3.63) is 48.0 Å². The summed E-state index contributed by atoms with van der Waals surface area (Å²) >= 11 is 0. The minimum absolute atomic E-state index is 0. The van der Waals surface area contributed by atoms with Crippen molar-refractivity contribution in [3.8, 4) is 0 Å². The van der Waals surface area contributed by atoms with Gasteiger partial charge in [-0.25, -0.2) is 0 Å². The molecule has 1 aromatic carbocycles. The molecule has 85 valence electrons. The maximum atomic E-state index is 2.46. The normalized spacial score (nSPS) is 10.7. The van der Waals surface area contributed by atoms with Crippen molar-refractivity contribution in [2.75, 3.05) is 0 Å². The largest absolute Gasteiger partial charge is 1.00 e. The van der Waals surface area contributed by atoms with E-state index >= 15 is 0 Å². The van der Waals surface area contributed by atoms with Gasteiger partial charge in [0.05, 0.1) is 0 Å². The van der Waals surface area contributed by atoms with Crippen LogP contribution >= 0.6 is 0 Å². The van der Waals surface area contributed by atoms with Crippen molar-refractivity contribution in [2.45, 2.75) is 26.1 Å². The van der Waals surface area contributed by atoms with Gasteiger partial charge in [0.15, 0.2) is 0 Å². The van der Waals surface area contributed by atoms with Gasteiger partial charge in [-0.3, -0.25) is 0 Å². The summed E-state index contributed by atoms with van der Waals surface area (Å²) in [5.41, 5.74) is 1.29. The number of halogens is 1. The minimum atomic E-state index is -0.972. The van der Waals surface area contributed by atoms with E-state index in [-0.39, 0.29) is 36.5 Å². The Hall–Kier alpha value is 0.280. The molecule has 0 nitrogen and oxygen atoms in total. The van der Waals surface area contributed by atoms with Crippen LogP contribution in [0.15, 0.2) is 36.4 Å². The van der Waals surface area contributed by atoms with Gasteiger partial charge < -0.3 is 17.0 Å². The maximum absolute atomic E-state index is 2.46. The monoisotopic (exact) mass is 346 g/mol. The molecule has 1 aromatic rings. The molecule has 0 heterocycles. The number of hydrogen-bond acceptors (Lipinski definition) is 0. The van der Waals surface area contributed by atoms with Gasteiger partial charge in [-0.1, -0.05) is 62.1 Å². The molecule has 1 radical (unpaired) electrons. The summed E-state index contributed by atoms with van der Waals surface area (Å²) in [7, 11) is -0.972. The van der Waals surface area contributed by atoms with Gasteiger partial charge in [0.2, 0.25) is 0 Å². The van der Waals surface area contributed by atoms with E-state index in [0.29, 0.717) is 0 Å². The third kappa shape index (κ3) is 9.50. The molecule has 0 aliphatic carbocycles. The average molecular weight is 349 g/mol. The van der Waals surface area contributed by atoms with Crippen LogP contribution in [0.5, 0.6) is 0 Å². The predicted octanol–water partition coefficient (Wildman–Crippen LogP) is 1.17. The van der Waals surface area contributed by atoms with Crippen LogP contribution < -0.4 is 17.0 Å². The molecule has 3 heteroatoms. The minimum Gasteiger partial charge on any atom is -1.00 e.